The number of esters is 1. The molecule has 2 rings (SSSR count). The van der Waals surface area contributed by atoms with Crippen LogP contribution in [0, 0.1) is 17.9 Å². The predicted octanol–water partition coefficient (Wildman–Crippen LogP) is 1.27. The topological polar surface area (TPSA) is 217 Å². The normalized spacial score (nSPS) is 24.5. The van der Waals surface area contributed by atoms with Crippen molar-refractivity contribution in [2.45, 2.75) is 25.7 Å². The first-order valence-corrected chi connectivity index (χ1v) is 14.1. The highest BCUT2D eigenvalue weighted by atomic mass is 31.3. The molecule has 0 spiro atoms. The molecule has 6 atom stereocenters. The Bertz CT molecular complexity index is 1260. The number of ether oxygens (including phenoxy) is 2. The zero-order valence-corrected chi connectivity index (χ0v) is 21.9. The highest BCUT2D eigenvalue weighted by Crippen LogP contribution is 2.71. The molecule has 0 bridgehead atoms. The van der Waals surface area contributed by atoms with E-state index in [1.807, 2.05) is 0 Å². The van der Waals surface area contributed by atoms with E-state index in [9.17, 15) is 33.0 Å². The van der Waals surface area contributed by atoms with E-state index in [2.05, 4.69) is 43.9 Å². The largest absolute Gasteiger partial charge is 0.492 e. The lowest BCUT2D eigenvalue weighted by molar-refractivity contribution is -0.134. The van der Waals surface area contributed by atoms with Gasteiger partial charge in [-0.15, -0.1) is 0 Å². The van der Waals surface area contributed by atoms with Gasteiger partial charge in [0.05, 0.1) is 18.6 Å². The van der Waals surface area contributed by atoms with Crippen LogP contribution in [0.1, 0.15) is 19.6 Å². The van der Waals surface area contributed by atoms with Gasteiger partial charge < -0.3 is 14.4 Å². The molecule has 36 heavy (non-hydrogen) atoms. The summed E-state index contributed by atoms with van der Waals surface area (Å²) in [5.41, 5.74) is -1.42. The summed E-state index contributed by atoms with van der Waals surface area (Å²) in [5, 5.41) is 0. The maximum atomic E-state index is 12.9. The van der Waals surface area contributed by atoms with E-state index < -0.39 is 65.5 Å². The Morgan fingerprint density at radius 1 is 1.17 bits per heavy atom. The molecular weight excluding hydrogens is 553 g/mol. The van der Waals surface area contributed by atoms with E-state index in [-0.39, 0.29) is 6.42 Å². The van der Waals surface area contributed by atoms with Crippen molar-refractivity contribution < 1.29 is 59.6 Å². The molecule has 0 saturated carbocycles. The molecule has 202 valence electrons. The minimum Gasteiger partial charge on any atom is -0.372 e. The lowest BCUT2D eigenvalue weighted by Crippen LogP contribution is -2.31. The number of phosphoric acid groups is 3. The van der Waals surface area contributed by atoms with Crippen molar-refractivity contribution in [2.24, 2.45) is 5.92 Å². The summed E-state index contributed by atoms with van der Waals surface area (Å²) >= 11 is 0. The number of hydrogen-bond donors (Lipinski definition) is 2. The number of hydrogen-bond acceptors (Lipinski definition) is 14. The number of phosphoric ester groups is 2. The lowest BCUT2D eigenvalue weighted by atomic mass is 10.0. The number of carbonyl (C=O) groups is 1. The molecule has 1 fully saturated rings. The standard InChI is InChI=1S/C16H23N2O15P3/c1-11(19)29-8-6-12-9-15(18-7-5-14(20)17-16(18)21)31-13(12)10-30-35(24,27-3)33-36(25,28-4)32-34(22,23)26-2/h5,7,12-13,15H,9-10H2,1-4H3,(H,22,23)(H,17,20,21). The van der Waals surface area contributed by atoms with Crippen LogP contribution in [0.4, 0.5) is 0 Å². The summed E-state index contributed by atoms with van der Waals surface area (Å²) in [6.45, 7) is 0.504. The van der Waals surface area contributed by atoms with Gasteiger partial charge in [-0.25, -0.2) is 18.5 Å². The molecule has 0 aliphatic carbocycles. The average molecular weight is 576 g/mol. The second-order valence-corrected chi connectivity index (χ2v) is 12.1. The summed E-state index contributed by atoms with van der Waals surface area (Å²) in [6.07, 6.45) is 1.36. The van der Waals surface area contributed by atoms with Gasteiger partial charge in [0, 0.05) is 46.9 Å². The van der Waals surface area contributed by atoms with E-state index in [0.29, 0.717) is 0 Å². The van der Waals surface area contributed by atoms with E-state index in [0.717, 1.165) is 38.9 Å². The Morgan fingerprint density at radius 2 is 1.83 bits per heavy atom. The van der Waals surface area contributed by atoms with E-state index in [4.69, 9.17) is 9.26 Å². The smallest absolute Gasteiger partial charge is 0.372 e. The Labute approximate surface area is 203 Å². The first-order chi connectivity index (χ1) is 16.7. The molecule has 6 unspecified atom stereocenters. The lowest BCUT2D eigenvalue weighted by Gasteiger charge is -2.23. The third-order valence-electron chi connectivity index (χ3n) is 4.31. The zero-order chi connectivity index (χ0) is 27.1. The number of rotatable bonds is 11. The molecular formula is C16H23N2O15P3. The van der Waals surface area contributed by atoms with Gasteiger partial charge in [0.25, 0.3) is 5.56 Å². The molecule has 2 heterocycles. The molecule has 1 aromatic rings. The van der Waals surface area contributed by atoms with Gasteiger partial charge in [-0.1, -0.05) is 5.92 Å². The highest BCUT2D eigenvalue weighted by Gasteiger charge is 2.46. The maximum Gasteiger partial charge on any atom is 0.492 e. The van der Waals surface area contributed by atoms with Gasteiger partial charge in [0.15, 0.2) is 0 Å². The molecule has 1 aliphatic heterocycles. The molecule has 1 aliphatic rings. The van der Waals surface area contributed by atoms with Crippen molar-refractivity contribution in [3.63, 3.8) is 0 Å². The van der Waals surface area contributed by atoms with Gasteiger partial charge >= 0.3 is 35.1 Å². The van der Waals surface area contributed by atoms with Crippen molar-refractivity contribution in [1.29, 1.82) is 0 Å². The van der Waals surface area contributed by atoms with E-state index in [1.54, 1.807) is 0 Å². The number of H-pyrrole nitrogens is 1. The number of aromatic nitrogens is 2. The van der Waals surface area contributed by atoms with Crippen LogP contribution in [0.3, 0.4) is 0 Å². The van der Waals surface area contributed by atoms with Crippen molar-refractivity contribution >= 4 is 29.4 Å². The third kappa shape index (κ3) is 8.58. The summed E-state index contributed by atoms with van der Waals surface area (Å²) < 4.78 is 75.7. The van der Waals surface area contributed by atoms with Gasteiger partial charge in [-0.3, -0.25) is 37.2 Å². The van der Waals surface area contributed by atoms with Crippen LogP contribution in [-0.2, 0) is 54.7 Å². The maximum absolute atomic E-state index is 12.9. The number of carbonyl (C=O) groups excluding carboxylic acids is 1. The summed E-state index contributed by atoms with van der Waals surface area (Å²) in [7, 11) is -12.3. The quantitative estimate of drug-likeness (QED) is 0.215. The molecule has 20 heteroatoms. The number of aromatic amines is 1. The van der Waals surface area contributed by atoms with Crippen molar-refractivity contribution in [1.82, 2.24) is 9.55 Å². The Morgan fingerprint density at radius 3 is 2.39 bits per heavy atom. The molecule has 0 radical (unpaired) electrons. The van der Waals surface area contributed by atoms with Crippen LogP contribution in [0.15, 0.2) is 21.9 Å². The van der Waals surface area contributed by atoms with Crippen LogP contribution in [0.5, 0.6) is 0 Å². The second-order valence-electron chi connectivity index (χ2n) is 6.70. The first-order valence-electron chi connectivity index (χ1n) is 9.67. The molecule has 1 saturated heterocycles. The van der Waals surface area contributed by atoms with Crippen LogP contribution < -0.4 is 11.2 Å². The van der Waals surface area contributed by atoms with Crippen LogP contribution >= 0.6 is 23.5 Å². The molecule has 0 amide bonds. The van der Waals surface area contributed by atoms with Gasteiger partial charge in [0.2, 0.25) is 0 Å². The minimum atomic E-state index is -5.01. The summed E-state index contributed by atoms with van der Waals surface area (Å²) in [5.74, 6) is 1.13. The van der Waals surface area contributed by atoms with Gasteiger partial charge in [-0.2, -0.15) is 8.62 Å². The van der Waals surface area contributed by atoms with E-state index >= 15 is 0 Å². The summed E-state index contributed by atoms with van der Waals surface area (Å²) in [4.78, 5) is 45.9. The van der Waals surface area contributed by atoms with E-state index in [1.165, 1.54) is 6.20 Å². The zero-order valence-electron chi connectivity index (χ0n) is 19.3. The van der Waals surface area contributed by atoms with Gasteiger partial charge in [0.1, 0.15) is 12.3 Å². The number of nitrogens with one attached hydrogen (secondary N) is 1. The monoisotopic (exact) mass is 576 g/mol. The average Bonchev–Trinajstić information content (AvgIpc) is 3.19. The Hall–Kier alpha value is -1.92. The van der Waals surface area contributed by atoms with Crippen molar-refractivity contribution in [3.8, 4) is 12.0 Å². The first kappa shape index (κ1) is 30.3. The molecule has 0 aromatic carbocycles. The van der Waals surface area contributed by atoms with Crippen molar-refractivity contribution in [3.05, 3.63) is 33.1 Å². The second kappa shape index (κ2) is 12.6. The Kier molecular flexibility index (Phi) is 10.6. The fraction of sp³-hybridized carbons (Fsp3) is 0.562. The highest BCUT2D eigenvalue weighted by molar-refractivity contribution is 7.67. The number of nitrogens with zero attached hydrogens (tertiary/aromatic N) is 1. The minimum absolute atomic E-state index is 0.0353. The fourth-order valence-electron chi connectivity index (χ4n) is 2.68. The predicted molar refractivity (Wildman–Crippen MR) is 117 cm³/mol. The molecule has 2 N–H and O–H groups in total. The van der Waals surface area contributed by atoms with Crippen LogP contribution in [0.25, 0.3) is 0 Å². The third-order valence-corrected chi connectivity index (χ3v) is 9.36. The van der Waals surface area contributed by atoms with Gasteiger partial charge in [-0.05, 0) is 0 Å². The Balaban J connectivity index is 2.24. The molecule has 17 nitrogen and oxygen atoms in total. The molecule has 1 aromatic heterocycles. The van der Waals surface area contributed by atoms with Crippen LogP contribution in [-0.4, -0.2) is 54.5 Å². The summed E-state index contributed by atoms with van der Waals surface area (Å²) in [6, 6.07) is 1.09. The fourth-order valence-corrected chi connectivity index (χ4v) is 6.75. The van der Waals surface area contributed by atoms with Crippen molar-refractivity contribution in [2.75, 3.05) is 27.9 Å². The van der Waals surface area contributed by atoms with Crippen LogP contribution in [0.2, 0.25) is 0 Å². The SMILES string of the molecule is COP(=O)(O)OP(=O)(OC)OP(=O)(OC)OCC1OC(n2ccc(=O)[nH]c2=O)CC1C#COC(C)=O.